The summed E-state index contributed by atoms with van der Waals surface area (Å²) in [5, 5.41) is 0. The largest absolute Gasteiger partial charge is 0.741 e. The van der Waals surface area contributed by atoms with Gasteiger partial charge in [-0.1, -0.05) is 0 Å². The number of hydrogen-bond acceptors (Lipinski definition) is 5. The Morgan fingerprint density at radius 2 is 1.14 bits per heavy atom. The molecule has 0 bridgehead atoms. The number of halogens is 3. The van der Waals surface area contributed by atoms with Gasteiger partial charge in [0, 0.05) is 0 Å². The summed E-state index contributed by atoms with van der Waals surface area (Å²) in [6.45, 7) is 4.39. The van der Waals surface area contributed by atoms with Crippen LogP contribution in [-0.2, 0) is 19.6 Å². The molecule has 0 heterocycles. The molecule has 35 heavy (non-hydrogen) atoms. The van der Waals surface area contributed by atoms with Crippen LogP contribution in [0.5, 0.6) is 0 Å². The molecule has 0 aliphatic rings. The Balaban J connectivity index is 0.000000466. The molecule has 1 unspecified atom stereocenters. The first-order valence-corrected chi connectivity index (χ1v) is 16.0. The monoisotopic (exact) mass is 570 g/mol. The van der Waals surface area contributed by atoms with E-state index in [1.165, 1.54) is 13.1 Å². The van der Waals surface area contributed by atoms with Gasteiger partial charge >= 0.3 is 170 Å². The Hall–Kier alpha value is -2.61. The first-order chi connectivity index (χ1) is 16.5. The van der Waals surface area contributed by atoms with Crippen molar-refractivity contribution in [2.75, 3.05) is 6.61 Å². The molecule has 3 rings (SSSR count). The molecule has 1 atom stereocenters. The number of ether oxygens (including phenoxy) is 1. The van der Waals surface area contributed by atoms with Crippen LogP contribution in [0.15, 0.2) is 91.0 Å². The molecule has 0 fully saturated rings. The fourth-order valence-corrected chi connectivity index (χ4v) is 14.0. The van der Waals surface area contributed by atoms with E-state index in [2.05, 4.69) is 79.7 Å². The van der Waals surface area contributed by atoms with Gasteiger partial charge in [0.2, 0.25) is 0 Å². The maximum absolute atomic E-state index is 13.2. The molecule has 0 aromatic heterocycles. The number of benzene rings is 3. The van der Waals surface area contributed by atoms with E-state index in [4.69, 9.17) is 17.7 Å². The second-order valence-corrected chi connectivity index (χ2v) is 16.3. The van der Waals surface area contributed by atoms with E-state index in [-0.39, 0.29) is 10.7 Å². The van der Waals surface area contributed by atoms with Gasteiger partial charge in [0.15, 0.2) is 10.1 Å². The first-order valence-electron chi connectivity index (χ1n) is 10.7. The van der Waals surface area contributed by atoms with E-state index in [0.29, 0.717) is 6.61 Å². The Morgan fingerprint density at radius 1 is 0.829 bits per heavy atom. The average molecular weight is 570 g/mol. The molecule has 0 aliphatic heterocycles. The quantitative estimate of drug-likeness (QED) is 0.188. The van der Waals surface area contributed by atoms with Crippen LogP contribution < -0.4 is 13.1 Å². The molecule has 0 aliphatic carbocycles. The van der Waals surface area contributed by atoms with E-state index in [1.54, 1.807) is 0 Å². The summed E-state index contributed by atoms with van der Waals surface area (Å²) in [6.07, 6.45) is 0.754. The molecule has 3 aromatic rings. The number of carbonyl (C=O) groups is 1. The second-order valence-electron chi connectivity index (χ2n) is 7.31. The molecule has 0 amide bonds. The van der Waals surface area contributed by atoms with Gasteiger partial charge in [-0.15, -0.1) is 0 Å². The van der Waals surface area contributed by atoms with Gasteiger partial charge in [-0.05, 0) is 0 Å². The van der Waals surface area contributed by atoms with Gasteiger partial charge in [0.05, 0.1) is 0 Å². The summed E-state index contributed by atoms with van der Waals surface area (Å²) >= 11 is -3.11. The number of hydrogen-bond donors (Lipinski definition) is 0. The Labute approximate surface area is 206 Å². The average Bonchev–Trinajstić information content (AvgIpc) is 2.83. The standard InChI is InChI=1S/C24H26AsO2.CHF3O3S/c1-3-23(24(26)27-4-2)25(20-14-8-5-9-15-20,21-16-10-6-11-17-21)22-18-12-7-13-19-22;2-1(3,4)8(5,6)7/h5-19,23H,3-4H2,1-2H3;(H,5,6,7)/q+1;/p-1. The third-order valence-corrected chi connectivity index (χ3v) is 15.9. The third kappa shape index (κ3) is 6.75. The number of alkyl halides is 3. The Bertz CT molecular complexity index is 1080. The van der Waals surface area contributed by atoms with Crippen molar-refractivity contribution in [1.29, 1.82) is 0 Å². The number of carbonyl (C=O) groups excluding carboxylic acids is 1. The van der Waals surface area contributed by atoms with Crippen LogP contribution in [0, 0.1) is 0 Å². The molecule has 0 spiro atoms. The van der Waals surface area contributed by atoms with Gasteiger partial charge < -0.3 is 4.55 Å². The minimum atomic E-state index is -6.09. The summed E-state index contributed by atoms with van der Waals surface area (Å²) in [7, 11) is -6.09. The van der Waals surface area contributed by atoms with Crippen molar-refractivity contribution in [3.63, 3.8) is 0 Å². The minimum Gasteiger partial charge on any atom is -0.741 e. The maximum Gasteiger partial charge on any atom is 0.485 e. The van der Waals surface area contributed by atoms with E-state index >= 15 is 0 Å². The van der Waals surface area contributed by atoms with Crippen molar-refractivity contribution >= 4 is 42.7 Å². The van der Waals surface area contributed by atoms with Crippen molar-refractivity contribution in [3.8, 4) is 0 Å². The molecule has 0 N–H and O–H groups in total. The molecular formula is C25H26AsF3O5S. The zero-order valence-electron chi connectivity index (χ0n) is 19.2. The van der Waals surface area contributed by atoms with Crippen molar-refractivity contribution < 1.29 is 35.7 Å². The van der Waals surface area contributed by atoms with Gasteiger partial charge in [-0.3, -0.25) is 0 Å². The number of rotatable bonds is 7. The van der Waals surface area contributed by atoms with E-state index in [0.717, 1.165) is 6.42 Å². The molecule has 0 saturated carbocycles. The zero-order valence-corrected chi connectivity index (χ0v) is 21.9. The second kappa shape index (κ2) is 12.4. The van der Waals surface area contributed by atoms with Crippen LogP contribution in [0.2, 0.25) is 4.71 Å². The normalized spacial score (nSPS) is 12.7. The topological polar surface area (TPSA) is 83.5 Å². The van der Waals surface area contributed by atoms with Crippen LogP contribution in [0.1, 0.15) is 20.3 Å². The third-order valence-electron chi connectivity index (χ3n) is 5.19. The minimum absolute atomic E-state index is 0.0796. The van der Waals surface area contributed by atoms with Crippen LogP contribution in [0.4, 0.5) is 13.2 Å². The van der Waals surface area contributed by atoms with E-state index in [9.17, 15) is 18.0 Å². The van der Waals surface area contributed by atoms with Gasteiger partial charge in [-0.25, -0.2) is 8.42 Å². The van der Waals surface area contributed by atoms with Gasteiger partial charge in [0.25, 0.3) is 0 Å². The summed E-state index contributed by atoms with van der Waals surface area (Å²) in [5.74, 6) is -0.0796. The molecule has 3 aromatic carbocycles. The van der Waals surface area contributed by atoms with Crippen molar-refractivity contribution in [2.24, 2.45) is 0 Å². The fourth-order valence-electron chi connectivity index (χ4n) is 3.81. The smallest absolute Gasteiger partial charge is 0.485 e. The Kier molecular flexibility index (Phi) is 10.1. The van der Waals surface area contributed by atoms with Gasteiger partial charge in [0.1, 0.15) is 0 Å². The van der Waals surface area contributed by atoms with Crippen molar-refractivity contribution in [1.82, 2.24) is 0 Å². The van der Waals surface area contributed by atoms with Crippen LogP contribution >= 0.6 is 0 Å². The number of esters is 1. The maximum atomic E-state index is 13.2. The molecule has 188 valence electrons. The fraction of sp³-hybridized carbons (Fsp3) is 0.240. The SMILES string of the molecule is CCOC(=O)C(CC)[As+](c1ccccc1)(c1ccccc1)c1ccccc1.O=S(=O)([O-])C(F)(F)F. The molecule has 10 heteroatoms. The predicted molar refractivity (Wildman–Crippen MR) is 130 cm³/mol. The van der Waals surface area contributed by atoms with E-state index in [1.807, 2.05) is 25.1 Å². The summed E-state index contributed by atoms with van der Waals surface area (Å²) in [4.78, 5) is 13.2. The Morgan fingerprint density at radius 3 is 1.37 bits per heavy atom. The van der Waals surface area contributed by atoms with Crippen molar-refractivity contribution in [3.05, 3.63) is 91.0 Å². The molecule has 0 saturated heterocycles. The van der Waals surface area contributed by atoms with Crippen molar-refractivity contribution in [2.45, 2.75) is 30.5 Å². The predicted octanol–water partition coefficient (Wildman–Crippen LogP) is 3.55. The van der Waals surface area contributed by atoms with Crippen LogP contribution in [-0.4, -0.2) is 44.6 Å². The van der Waals surface area contributed by atoms with Crippen LogP contribution in [0.3, 0.4) is 0 Å². The van der Waals surface area contributed by atoms with E-state index < -0.39 is 29.2 Å². The molecule has 0 radical (unpaired) electrons. The first kappa shape index (κ1) is 28.6. The van der Waals surface area contributed by atoms with Gasteiger partial charge in [-0.2, -0.15) is 13.2 Å². The zero-order chi connectivity index (χ0) is 26.1. The summed E-state index contributed by atoms with van der Waals surface area (Å²) in [5.41, 5.74) is -5.65. The summed E-state index contributed by atoms with van der Waals surface area (Å²) < 4.78 is 68.1. The molecular weight excluding hydrogens is 544 g/mol. The molecule has 5 nitrogen and oxygen atoms in total. The summed E-state index contributed by atoms with van der Waals surface area (Å²) in [6, 6.07) is 31.7. The van der Waals surface area contributed by atoms with Crippen LogP contribution in [0.25, 0.3) is 0 Å².